The highest BCUT2D eigenvalue weighted by molar-refractivity contribution is 6.30. The molecule has 138 valence electrons. The second kappa shape index (κ2) is 7.41. The first-order valence-electron chi connectivity index (χ1n) is 8.84. The predicted molar refractivity (Wildman–Crippen MR) is 111 cm³/mol. The largest absolute Gasteiger partial charge is 0.481 e. The summed E-state index contributed by atoms with van der Waals surface area (Å²) in [4.78, 5) is 20.1. The highest BCUT2D eigenvalue weighted by Gasteiger charge is 2.16. The molecule has 0 atom stereocenters. The molecule has 1 aromatic heterocycles. The number of rotatable bonds is 4. The fourth-order valence-electron chi connectivity index (χ4n) is 3.50. The fourth-order valence-corrected chi connectivity index (χ4v) is 3.63. The highest BCUT2D eigenvalue weighted by atomic mass is 35.5. The normalized spacial score (nSPS) is 10.9. The lowest BCUT2D eigenvalue weighted by Crippen LogP contribution is -2.05. The first-order chi connectivity index (χ1) is 13.5. The number of aryl methyl sites for hydroxylation is 1. The summed E-state index contributed by atoms with van der Waals surface area (Å²) in [6.45, 7) is 1.95. The van der Waals surface area contributed by atoms with Gasteiger partial charge in [0.05, 0.1) is 6.42 Å². The number of carboxylic acid groups (broad SMARTS) is 1. The van der Waals surface area contributed by atoms with Crippen LogP contribution in [-0.2, 0) is 11.2 Å². The molecule has 0 aliphatic carbocycles. The van der Waals surface area contributed by atoms with Crippen LogP contribution in [0.3, 0.4) is 0 Å². The van der Waals surface area contributed by atoms with Gasteiger partial charge in [-0.2, -0.15) is 0 Å². The molecule has 1 N–H and O–H groups in total. The Morgan fingerprint density at radius 3 is 2.36 bits per heavy atom. The molecule has 0 spiro atoms. The molecule has 0 amide bonds. The monoisotopic (exact) mass is 388 g/mol. The Labute approximate surface area is 167 Å². The van der Waals surface area contributed by atoms with E-state index in [4.69, 9.17) is 11.6 Å². The fraction of sp³-hybridized carbons (Fsp3) is 0.0870. The van der Waals surface area contributed by atoms with Crippen LogP contribution in [0, 0.1) is 6.92 Å². The Kier molecular flexibility index (Phi) is 4.80. The molecule has 0 radical (unpaired) electrons. The van der Waals surface area contributed by atoms with E-state index in [0.717, 1.165) is 38.6 Å². The molecule has 0 bridgehead atoms. The van der Waals surface area contributed by atoms with Crippen molar-refractivity contribution in [1.82, 2.24) is 9.97 Å². The number of carbonyl (C=O) groups is 1. The van der Waals surface area contributed by atoms with E-state index in [1.54, 1.807) is 18.5 Å². The van der Waals surface area contributed by atoms with Gasteiger partial charge in [-0.1, -0.05) is 41.9 Å². The molecule has 4 rings (SSSR count). The molecule has 0 fully saturated rings. The van der Waals surface area contributed by atoms with Gasteiger partial charge in [-0.15, -0.1) is 0 Å². The lowest BCUT2D eigenvalue weighted by Gasteiger charge is -2.16. The molecule has 0 unspecified atom stereocenters. The summed E-state index contributed by atoms with van der Waals surface area (Å²) in [6.07, 6.45) is 3.39. The van der Waals surface area contributed by atoms with Crippen molar-refractivity contribution in [3.63, 3.8) is 0 Å². The van der Waals surface area contributed by atoms with Gasteiger partial charge in [0.25, 0.3) is 0 Å². The molecule has 28 heavy (non-hydrogen) atoms. The number of aromatic nitrogens is 2. The lowest BCUT2D eigenvalue weighted by atomic mass is 9.88. The maximum Gasteiger partial charge on any atom is 0.307 e. The molecule has 5 heteroatoms. The SMILES string of the molecule is Cc1cc2cc(-c3ncccn3)ccc2c(-c2ccc(Cl)cc2)c1CC(=O)O. The minimum atomic E-state index is -0.855. The maximum atomic E-state index is 11.5. The van der Waals surface area contributed by atoms with Crippen LogP contribution in [0.4, 0.5) is 0 Å². The number of hydrogen-bond acceptors (Lipinski definition) is 3. The van der Waals surface area contributed by atoms with Gasteiger partial charge < -0.3 is 5.11 Å². The molecule has 0 saturated carbocycles. The van der Waals surface area contributed by atoms with E-state index in [0.29, 0.717) is 10.8 Å². The highest BCUT2D eigenvalue weighted by Crippen LogP contribution is 2.36. The molecule has 0 aliphatic heterocycles. The van der Waals surface area contributed by atoms with Gasteiger partial charge in [0.15, 0.2) is 5.82 Å². The minimum absolute atomic E-state index is 0.0384. The van der Waals surface area contributed by atoms with Gasteiger partial charge in [-0.25, -0.2) is 9.97 Å². The lowest BCUT2D eigenvalue weighted by molar-refractivity contribution is -0.136. The van der Waals surface area contributed by atoms with E-state index in [1.807, 2.05) is 55.5 Å². The van der Waals surface area contributed by atoms with E-state index in [-0.39, 0.29) is 6.42 Å². The first-order valence-corrected chi connectivity index (χ1v) is 9.22. The summed E-state index contributed by atoms with van der Waals surface area (Å²) in [7, 11) is 0. The Morgan fingerprint density at radius 2 is 1.68 bits per heavy atom. The van der Waals surface area contributed by atoms with Crippen molar-refractivity contribution in [3.05, 3.63) is 83.1 Å². The smallest absolute Gasteiger partial charge is 0.307 e. The Balaban J connectivity index is 1.99. The maximum absolute atomic E-state index is 11.5. The van der Waals surface area contributed by atoms with Crippen molar-refractivity contribution in [3.8, 4) is 22.5 Å². The third-order valence-corrected chi connectivity index (χ3v) is 5.01. The first kappa shape index (κ1) is 18.1. The average Bonchev–Trinajstić information content (AvgIpc) is 2.69. The Morgan fingerprint density at radius 1 is 1.00 bits per heavy atom. The molecule has 1 heterocycles. The second-order valence-electron chi connectivity index (χ2n) is 6.63. The minimum Gasteiger partial charge on any atom is -0.481 e. The van der Waals surface area contributed by atoms with Gasteiger partial charge >= 0.3 is 5.97 Å². The Hall–Kier alpha value is -3.24. The van der Waals surface area contributed by atoms with E-state index >= 15 is 0 Å². The number of aliphatic carboxylic acids is 1. The van der Waals surface area contributed by atoms with Crippen LogP contribution in [0.5, 0.6) is 0 Å². The van der Waals surface area contributed by atoms with Crippen LogP contribution in [0.15, 0.2) is 67.0 Å². The van der Waals surface area contributed by atoms with Crippen molar-refractivity contribution in [2.45, 2.75) is 13.3 Å². The number of benzene rings is 3. The zero-order valence-electron chi connectivity index (χ0n) is 15.2. The van der Waals surface area contributed by atoms with Crippen LogP contribution in [-0.4, -0.2) is 21.0 Å². The average molecular weight is 389 g/mol. The molecule has 3 aromatic carbocycles. The number of nitrogens with zero attached hydrogens (tertiary/aromatic N) is 2. The molecule has 0 saturated heterocycles. The van der Waals surface area contributed by atoms with Crippen LogP contribution in [0.2, 0.25) is 5.02 Å². The number of carboxylic acids is 1. The summed E-state index contributed by atoms with van der Waals surface area (Å²) in [5, 5.41) is 12.1. The topological polar surface area (TPSA) is 63.1 Å². The summed E-state index contributed by atoms with van der Waals surface area (Å²) < 4.78 is 0. The van der Waals surface area contributed by atoms with Crippen molar-refractivity contribution in [2.75, 3.05) is 0 Å². The third kappa shape index (κ3) is 3.47. The van der Waals surface area contributed by atoms with Crippen LogP contribution in [0.25, 0.3) is 33.3 Å². The van der Waals surface area contributed by atoms with Crippen molar-refractivity contribution < 1.29 is 9.90 Å². The zero-order valence-corrected chi connectivity index (χ0v) is 15.9. The summed E-state index contributed by atoms with van der Waals surface area (Å²) in [5.41, 5.74) is 4.53. The van der Waals surface area contributed by atoms with Crippen LogP contribution in [0.1, 0.15) is 11.1 Å². The third-order valence-electron chi connectivity index (χ3n) is 4.76. The quantitative estimate of drug-likeness (QED) is 0.497. The Bertz CT molecular complexity index is 1170. The molecular weight excluding hydrogens is 372 g/mol. The summed E-state index contributed by atoms with van der Waals surface area (Å²) >= 11 is 6.05. The van der Waals surface area contributed by atoms with Gasteiger partial charge in [0.1, 0.15) is 0 Å². The molecular formula is C23H17ClN2O2. The summed E-state index contributed by atoms with van der Waals surface area (Å²) in [5.74, 6) is -0.198. The van der Waals surface area contributed by atoms with Crippen LogP contribution >= 0.6 is 11.6 Å². The molecule has 4 aromatic rings. The predicted octanol–water partition coefficient (Wildman–Crippen LogP) is 5.55. The van der Waals surface area contributed by atoms with Crippen LogP contribution < -0.4 is 0 Å². The van der Waals surface area contributed by atoms with Gasteiger partial charge in [0, 0.05) is 23.0 Å². The van der Waals surface area contributed by atoms with Crippen molar-refractivity contribution in [2.24, 2.45) is 0 Å². The zero-order chi connectivity index (χ0) is 19.7. The van der Waals surface area contributed by atoms with E-state index in [9.17, 15) is 9.90 Å². The molecule has 0 aliphatic rings. The standard InChI is InChI=1S/C23H17ClN2O2/c1-14-11-17-12-16(23-25-9-2-10-26-23)5-8-19(17)22(20(14)13-21(27)28)15-3-6-18(24)7-4-15/h2-12H,13H2,1H3,(H,27,28). The van der Waals surface area contributed by atoms with Gasteiger partial charge in [-0.3, -0.25) is 4.79 Å². The van der Waals surface area contributed by atoms with E-state index in [2.05, 4.69) is 9.97 Å². The van der Waals surface area contributed by atoms with E-state index < -0.39 is 5.97 Å². The number of fused-ring (bicyclic) bond motifs is 1. The van der Waals surface area contributed by atoms with E-state index in [1.165, 1.54) is 0 Å². The summed E-state index contributed by atoms with van der Waals surface area (Å²) in [6, 6.07) is 17.3. The second-order valence-corrected chi connectivity index (χ2v) is 7.07. The van der Waals surface area contributed by atoms with Gasteiger partial charge in [-0.05, 0) is 64.2 Å². The van der Waals surface area contributed by atoms with Crippen molar-refractivity contribution in [1.29, 1.82) is 0 Å². The number of halogens is 1. The van der Waals surface area contributed by atoms with Crippen molar-refractivity contribution >= 4 is 28.3 Å². The van der Waals surface area contributed by atoms with Gasteiger partial charge in [0.2, 0.25) is 0 Å². The molecule has 4 nitrogen and oxygen atoms in total. The number of hydrogen-bond donors (Lipinski definition) is 1.